The predicted octanol–water partition coefficient (Wildman–Crippen LogP) is 0.220. The third-order valence-electron chi connectivity index (χ3n) is 0.726. The second-order valence-corrected chi connectivity index (χ2v) is 1.35. The summed E-state index contributed by atoms with van der Waals surface area (Å²) in [6, 6.07) is 0. The molecule has 9 heavy (non-hydrogen) atoms. The summed E-state index contributed by atoms with van der Waals surface area (Å²) in [4.78, 5) is 3.69. The minimum Gasteiger partial charge on any atom is -0.384 e. The van der Waals surface area contributed by atoms with E-state index in [1.165, 1.54) is 0 Å². The van der Waals surface area contributed by atoms with Crippen LogP contribution in [0.2, 0.25) is 0 Å². The van der Waals surface area contributed by atoms with Gasteiger partial charge in [-0.15, -0.1) is 0 Å². The van der Waals surface area contributed by atoms with Crippen LogP contribution in [0, 0.1) is 0 Å². The molecular weight excluding hydrogens is 114 g/mol. The van der Waals surface area contributed by atoms with Crippen molar-refractivity contribution < 1.29 is 0 Å². The summed E-state index contributed by atoms with van der Waals surface area (Å²) < 4.78 is 0. The van der Waals surface area contributed by atoms with Crippen molar-refractivity contribution in [2.45, 2.75) is 0 Å². The summed E-state index contributed by atoms with van der Waals surface area (Å²) in [5.74, 6) is 0.490. The first kappa shape index (κ1) is 7.75. The maximum Gasteiger partial charge on any atom is 0.119 e. The van der Waals surface area contributed by atoms with E-state index in [-0.39, 0.29) is 0 Å². The van der Waals surface area contributed by atoms with Gasteiger partial charge in [0.15, 0.2) is 0 Å². The Morgan fingerprint density at radius 1 is 1.78 bits per heavy atom. The first-order valence-corrected chi connectivity index (χ1v) is 2.57. The molecule has 0 aliphatic rings. The normalized spacial score (nSPS) is 11.9. The van der Waals surface area contributed by atoms with Crippen LogP contribution in [-0.4, -0.2) is 12.9 Å². The van der Waals surface area contributed by atoms with E-state index in [2.05, 4.69) is 16.9 Å². The number of amidine groups is 1. The molecule has 0 bridgehead atoms. The molecule has 0 rings (SSSR count). The highest BCUT2D eigenvalue weighted by atomic mass is 14.8. The van der Waals surface area contributed by atoms with Crippen LogP contribution >= 0.6 is 0 Å². The van der Waals surface area contributed by atoms with E-state index >= 15 is 0 Å². The topological polar surface area (TPSA) is 50.4 Å². The van der Waals surface area contributed by atoms with Crippen LogP contribution in [-0.2, 0) is 0 Å². The first-order chi connectivity index (χ1) is 4.31. The van der Waals surface area contributed by atoms with Gasteiger partial charge < -0.3 is 11.1 Å². The van der Waals surface area contributed by atoms with Gasteiger partial charge in [0.1, 0.15) is 5.84 Å². The van der Waals surface area contributed by atoms with Crippen LogP contribution in [0.4, 0.5) is 0 Å². The fourth-order valence-electron chi connectivity index (χ4n) is 0.276. The second kappa shape index (κ2) is 4.90. The Morgan fingerprint density at radius 2 is 2.44 bits per heavy atom. The Balaban J connectivity index is 3.56. The molecule has 0 aromatic rings. The lowest BCUT2D eigenvalue weighted by molar-refractivity contribution is 1.20. The summed E-state index contributed by atoms with van der Waals surface area (Å²) in [5, 5.41) is 2.74. The Labute approximate surface area is 55.0 Å². The van der Waals surface area contributed by atoms with Crippen molar-refractivity contribution in [1.29, 1.82) is 0 Å². The molecule has 0 aromatic carbocycles. The zero-order chi connectivity index (χ0) is 7.11. The minimum absolute atomic E-state index is 0.490. The minimum atomic E-state index is 0.490. The van der Waals surface area contributed by atoms with Gasteiger partial charge in [0, 0.05) is 13.2 Å². The summed E-state index contributed by atoms with van der Waals surface area (Å²) >= 11 is 0. The molecule has 3 N–H and O–H groups in total. The van der Waals surface area contributed by atoms with Gasteiger partial charge in [-0.3, -0.25) is 4.99 Å². The van der Waals surface area contributed by atoms with Gasteiger partial charge in [-0.2, -0.15) is 0 Å². The van der Waals surface area contributed by atoms with Crippen LogP contribution in [0.5, 0.6) is 0 Å². The number of aliphatic imine (C=N–C) groups is 1. The van der Waals surface area contributed by atoms with Crippen LogP contribution in [0.25, 0.3) is 0 Å². The van der Waals surface area contributed by atoms with E-state index in [0.29, 0.717) is 5.84 Å². The molecule has 0 saturated carbocycles. The van der Waals surface area contributed by atoms with E-state index in [4.69, 9.17) is 5.73 Å². The second-order valence-electron chi connectivity index (χ2n) is 1.35. The zero-order valence-electron chi connectivity index (χ0n) is 5.46. The third kappa shape index (κ3) is 4.61. The summed E-state index contributed by atoms with van der Waals surface area (Å²) in [6.45, 7) is 3.44. The smallest absolute Gasteiger partial charge is 0.119 e. The van der Waals surface area contributed by atoms with E-state index in [9.17, 15) is 0 Å². The largest absolute Gasteiger partial charge is 0.384 e. The molecule has 0 spiro atoms. The van der Waals surface area contributed by atoms with Crippen LogP contribution < -0.4 is 11.1 Å². The monoisotopic (exact) mass is 125 g/mol. The molecular formula is C6H11N3. The van der Waals surface area contributed by atoms with Gasteiger partial charge in [0.25, 0.3) is 0 Å². The molecule has 50 valence electrons. The lowest BCUT2D eigenvalue weighted by Crippen LogP contribution is -2.08. The predicted molar refractivity (Wildman–Crippen MR) is 40.0 cm³/mol. The molecule has 0 unspecified atom stereocenters. The molecule has 0 atom stereocenters. The number of nitrogens with two attached hydrogens (primary N) is 1. The van der Waals surface area contributed by atoms with Crippen molar-refractivity contribution in [2.24, 2.45) is 10.7 Å². The number of nitrogens with one attached hydrogen (secondary N) is 1. The van der Waals surface area contributed by atoms with Gasteiger partial charge in [0.05, 0.1) is 0 Å². The van der Waals surface area contributed by atoms with Crippen molar-refractivity contribution >= 4 is 5.84 Å². The first-order valence-electron chi connectivity index (χ1n) is 2.57. The fraction of sp³-hybridized carbons (Fsp3) is 0.167. The van der Waals surface area contributed by atoms with Crippen LogP contribution in [0.1, 0.15) is 0 Å². The molecule has 0 aliphatic heterocycles. The standard InChI is InChI=1S/C6H11N3/c1-3-9-5-4-6(7)8-2/h3-5,9H,1H2,2H3,(H2,7,8)/b5-4-. The fourth-order valence-corrected chi connectivity index (χ4v) is 0.276. The SMILES string of the molecule is C=CN/C=C\C(N)=N/C. The van der Waals surface area contributed by atoms with E-state index in [0.717, 1.165) is 0 Å². The van der Waals surface area contributed by atoms with Crippen molar-refractivity contribution in [2.75, 3.05) is 7.05 Å². The van der Waals surface area contributed by atoms with Crippen LogP contribution in [0.15, 0.2) is 30.0 Å². The van der Waals surface area contributed by atoms with Gasteiger partial charge >= 0.3 is 0 Å². The molecule has 3 heteroatoms. The van der Waals surface area contributed by atoms with Gasteiger partial charge in [-0.25, -0.2) is 0 Å². The van der Waals surface area contributed by atoms with Crippen molar-refractivity contribution in [3.63, 3.8) is 0 Å². The van der Waals surface area contributed by atoms with Crippen LogP contribution in [0.3, 0.4) is 0 Å². The molecule has 0 saturated heterocycles. The van der Waals surface area contributed by atoms with E-state index < -0.39 is 0 Å². The average Bonchev–Trinajstić information content (AvgIpc) is 1.89. The summed E-state index contributed by atoms with van der Waals surface area (Å²) in [7, 11) is 1.63. The van der Waals surface area contributed by atoms with Gasteiger partial charge in [0.2, 0.25) is 0 Å². The molecule has 3 nitrogen and oxygen atoms in total. The highest BCUT2D eigenvalue weighted by molar-refractivity contribution is 5.91. The maximum absolute atomic E-state index is 5.30. The summed E-state index contributed by atoms with van der Waals surface area (Å²) in [6.07, 6.45) is 4.87. The van der Waals surface area contributed by atoms with E-state index in [1.54, 1.807) is 25.5 Å². The molecule has 0 aliphatic carbocycles. The molecule has 0 amide bonds. The van der Waals surface area contributed by atoms with E-state index in [1.807, 2.05) is 0 Å². The number of hydrogen-bond donors (Lipinski definition) is 2. The van der Waals surface area contributed by atoms with Crippen molar-refractivity contribution in [3.05, 3.63) is 25.1 Å². The maximum atomic E-state index is 5.30. The van der Waals surface area contributed by atoms with Gasteiger partial charge in [-0.05, 0) is 12.3 Å². The third-order valence-corrected chi connectivity index (χ3v) is 0.726. The lowest BCUT2D eigenvalue weighted by atomic mass is 10.5. The molecule has 0 heterocycles. The molecule has 0 radical (unpaired) electrons. The number of nitrogens with zero attached hydrogens (tertiary/aromatic N) is 1. The Morgan fingerprint density at radius 3 is 2.89 bits per heavy atom. The highest BCUT2D eigenvalue weighted by Crippen LogP contribution is 1.68. The Bertz CT molecular complexity index is 135. The average molecular weight is 125 g/mol. The molecule has 0 aromatic heterocycles. The van der Waals surface area contributed by atoms with Crippen molar-refractivity contribution in [1.82, 2.24) is 5.32 Å². The highest BCUT2D eigenvalue weighted by Gasteiger charge is 1.74. The summed E-state index contributed by atoms with van der Waals surface area (Å²) in [5.41, 5.74) is 5.30. The van der Waals surface area contributed by atoms with Crippen molar-refractivity contribution in [3.8, 4) is 0 Å². The molecule has 0 fully saturated rings. The van der Waals surface area contributed by atoms with Gasteiger partial charge in [-0.1, -0.05) is 6.58 Å². The zero-order valence-corrected chi connectivity index (χ0v) is 5.46. The quantitative estimate of drug-likeness (QED) is 0.419. The Hall–Kier alpha value is -1.25. The number of rotatable bonds is 3. The number of hydrogen-bond acceptors (Lipinski definition) is 2. The lowest BCUT2D eigenvalue weighted by Gasteiger charge is -1.87. The Kier molecular flexibility index (Phi) is 4.22.